The molecule has 0 bridgehead atoms. The molecule has 6 nitrogen and oxygen atoms in total. The van der Waals surface area contributed by atoms with Gasteiger partial charge in [0.25, 0.3) is 0 Å². The molecule has 7 heteroatoms. The maximum Gasteiger partial charge on any atom is 0.240 e. The number of nitrogens with two attached hydrogens (primary N) is 1. The van der Waals surface area contributed by atoms with Gasteiger partial charge in [-0.1, -0.05) is 6.42 Å². The van der Waals surface area contributed by atoms with E-state index in [1.54, 1.807) is 12.1 Å². The Morgan fingerprint density at radius 3 is 2.42 bits per heavy atom. The molecule has 1 amide bonds. The first-order valence-corrected chi connectivity index (χ1v) is 10.1. The molecular formula is C17H25N3O3S. The Morgan fingerprint density at radius 1 is 1.12 bits per heavy atom. The number of sulfonamides is 1. The van der Waals surface area contributed by atoms with Crippen molar-refractivity contribution in [1.82, 2.24) is 4.72 Å². The van der Waals surface area contributed by atoms with E-state index >= 15 is 0 Å². The van der Waals surface area contributed by atoms with Crippen LogP contribution in [-0.4, -0.2) is 26.9 Å². The van der Waals surface area contributed by atoms with Crippen LogP contribution in [0.3, 0.4) is 0 Å². The molecule has 3 rings (SSSR count). The molecule has 2 aliphatic rings. The Labute approximate surface area is 143 Å². The highest BCUT2D eigenvalue weighted by molar-refractivity contribution is 7.89. The van der Waals surface area contributed by atoms with Crippen LogP contribution in [0.4, 0.5) is 5.69 Å². The van der Waals surface area contributed by atoms with E-state index in [4.69, 9.17) is 5.73 Å². The summed E-state index contributed by atoms with van der Waals surface area (Å²) in [5.74, 6) is 0.663. The molecule has 2 aliphatic carbocycles. The predicted octanol–water partition coefficient (Wildman–Crippen LogP) is 1.83. The Bertz CT molecular complexity index is 684. The van der Waals surface area contributed by atoms with E-state index in [1.165, 1.54) is 12.1 Å². The molecule has 4 N–H and O–H groups in total. The van der Waals surface area contributed by atoms with Crippen molar-refractivity contribution in [2.24, 2.45) is 17.6 Å². The maximum atomic E-state index is 12.2. The number of carbonyl (C=O) groups is 1. The van der Waals surface area contributed by atoms with Crippen LogP contribution in [0.2, 0.25) is 0 Å². The van der Waals surface area contributed by atoms with Crippen LogP contribution in [0.15, 0.2) is 29.2 Å². The van der Waals surface area contributed by atoms with Crippen molar-refractivity contribution in [2.45, 2.75) is 49.5 Å². The second-order valence-corrected chi connectivity index (χ2v) is 8.69. The fraction of sp³-hybridized carbons (Fsp3) is 0.588. The van der Waals surface area contributed by atoms with Crippen LogP contribution in [0, 0.1) is 11.8 Å². The Morgan fingerprint density at radius 2 is 1.83 bits per heavy atom. The average Bonchev–Trinajstić information content (AvgIpc) is 3.29. The quantitative estimate of drug-likeness (QED) is 0.697. The molecular weight excluding hydrogens is 326 g/mol. The normalized spacial score (nSPS) is 24.0. The van der Waals surface area contributed by atoms with Crippen molar-refractivity contribution < 1.29 is 13.2 Å². The Kier molecular flexibility index (Phi) is 5.22. The van der Waals surface area contributed by atoms with Gasteiger partial charge in [0.05, 0.1) is 4.90 Å². The van der Waals surface area contributed by atoms with E-state index in [1.807, 2.05) is 0 Å². The molecule has 2 atom stereocenters. The summed E-state index contributed by atoms with van der Waals surface area (Å²) in [4.78, 5) is 12.3. The van der Waals surface area contributed by atoms with Crippen molar-refractivity contribution in [3.63, 3.8) is 0 Å². The van der Waals surface area contributed by atoms with Gasteiger partial charge in [0, 0.05) is 24.7 Å². The zero-order valence-corrected chi connectivity index (χ0v) is 14.5. The number of amides is 1. The minimum atomic E-state index is -3.47. The maximum absolute atomic E-state index is 12.2. The molecule has 0 aromatic heterocycles. The van der Waals surface area contributed by atoms with Crippen molar-refractivity contribution in [3.8, 4) is 0 Å². The van der Waals surface area contributed by atoms with Gasteiger partial charge < -0.3 is 11.1 Å². The average molecular weight is 351 g/mol. The highest BCUT2D eigenvalue weighted by Gasteiger charge is 2.26. The minimum absolute atomic E-state index is 0.0696. The van der Waals surface area contributed by atoms with Gasteiger partial charge in [-0.2, -0.15) is 0 Å². The van der Waals surface area contributed by atoms with Crippen molar-refractivity contribution >= 4 is 21.6 Å². The molecule has 1 aromatic rings. The summed E-state index contributed by atoms with van der Waals surface area (Å²) in [6.07, 6.45) is 5.68. The van der Waals surface area contributed by atoms with Crippen LogP contribution >= 0.6 is 0 Å². The Hall–Kier alpha value is -1.44. The third-order valence-corrected chi connectivity index (χ3v) is 6.31. The van der Waals surface area contributed by atoms with Gasteiger partial charge >= 0.3 is 0 Å². The standard InChI is InChI=1S/C17H25N3O3S/c18-16-3-1-2-13(16)10-17(21)20-14-6-8-15(9-7-14)24(22,23)19-11-12-4-5-12/h6-9,12-13,16,19H,1-5,10-11,18H2,(H,20,21)/t13-,16+/m0/s1. The largest absolute Gasteiger partial charge is 0.327 e. The summed E-state index contributed by atoms with van der Waals surface area (Å²) in [5, 5.41) is 2.82. The lowest BCUT2D eigenvalue weighted by molar-refractivity contribution is -0.117. The number of benzene rings is 1. The summed E-state index contributed by atoms with van der Waals surface area (Å²) in [6.45, 7) is 0.502. The van der Waals surface area contributed by atoms with E-state index in [0.717, 1.165) is 32.1 Å². The molecule has 2 saturated carbocycles. The van der Waals surface area contributed by atoms with E-state index in [9.17, 15) is 13.2 Å². The summed E-state index contributed by atoms with van der Waals surface area (Å²) in [5.41, 5.74) is 6.59. The Balaban J connectivity index is 1.54. The number of carbonyl (C=O) groups excluding carboxylic acids is 1. The van der Waals surface area contributed by atoms with Crippen LogP contribution < -0.4 is 15.8 Å². The van der Waals surface area contributed by atoms with Gasteiger partial charge in [0.15, 0.2) is 0 Å². The van der Waals surface area contributed by atoms with Crippen LogP contribution in [-0.2, 0) is 14.8 Å². The molecule has 0 saturated heterocycles. The fourth-order valence-electron chi connectivity index (χ4n) is 3.12. The first-order valence-electron chi connectivity index (χ1n) is 8.59. The molecule has 0 unspecified atom stereocenters. The lowest BCUT2D eigenvalue weighted by atomic mass is 10.00. The monoisotopic (exact) mass is 351 g/mol. The van der Waals surface area contributed by atoms with Gasteiger partial charge in [-0.3, -0.25) is 4.79 Å². The number of nitrogens with one attached hydrogen (secondary N) is 2. The lowest BCUT2D eigenvalue weighted by Gasteiger charge is -2.15. The summed E-state index contributed by atoms with van der Waals surface area (Å²) in [6, 6.07) is 6.40. The number of anilines is 1. The van der Waals surface area contributed by atoms with E-state index < -0.39 is 10.0 Å². The zero-order valence-electron chi connectivity index (χ0n) is 13.7. The number of hydrogen-bond acceptors (Lipinski definition) is 4. The summed E-state index contributed by atoms with van der Waals surface area (Å²) < 4.78 is 26.9. The zero-order chi connectivity index (χ0) is 17.2. The van der Waals surface area contributed by atoms with E-state index in [0.29, 0.717) is 24.6 Å². The summed E-state index contributed by atoms with van der Waals surface area (Å²) >= 11 is 0. The molecule has 0 radical (unpaired) electrons. The molecule has 1 aromatic carbocycles. The number of rotatable bonds is 7. The summed E-state index contributed by atoms with van der Waals surface area (Å²) in [7, 11) is -3.47. The predicted molar refractivity (Wildman–Crippen MR) is 92.9 cm³/mol. The topological polar surface area (TPSA) is 101 Å². The highest BCUT2D eigenvalue weighted by Crippen LogP contribution is 2.28. The van der Waals surface area contributed by atoms with Gasteiger partial charge in [-0.25, -0.2) is 13.1 Å². The third kappa shape index (κ3) is 4.55. The molecule has 0 heterocycles. The van der Waals surface area contributed by atoms with Gasteiger partial charge in [0.1, 0.15) is 0 Å². The molecule has 24 heavy (non-hydrogen) atoms. The number of hydrogen-bond donors (Lipinski definition) is 3. The van der Waals surface area contributed by atoms with Crippen LogP contribution in [0.5, 0.6) is 0 Å². The SMILES string of the molecule is N[C@@H]1CCC[C@H]1CC(=O)Nc1ccc(S(=O)(=O)NCC2CC2)cc1. The van der Waals surface area contributed by atoms with E-state index in [2.05, 4.69) is 10.0 Å². The van der Waals surface area contributed by atoms with Crippen molar-refractivity contribution in [3.05, 3.63) is 24.3 Å². The van der Waals surface area contributed by atoms with Crippen LogP contribution in [0.1, 0.15) is 38.5 Å². The van der Waals surface area contributed by atoms with Crippen molar-refractivity contribution in [2.75, 3.05) is 11.9 Å². The van der Waals surface area contributed by atoms with Gasteiger partial charge in [-0.15, -0.1) is 0 Å². The van der Waals surface area contributed by atoms with Gasteiger partial charge in [0.2, 0.25) is 15.9 Å². The second-order valence-electron chi connectivity index (χ2n) is 6.93. The van der Waals surface area contributed by atoms with E-state index in [-0.39, 0.29) is 22.8 Å². The molecule has 0 spiro atoms. The van der Waals surface area contributed by atoms with Crippen LogP contribution in [0.25, 0.3) is 0 Å². The minimum Gasteiger partial charge on any atom is -0.327 e. The lowest BCUT2D eigenvalue weighted by Crippen LogP contribution is -2.28. The first-order chi connectivity index (χ1) is 11.4. The molecule has 132 valence electrons. The first kappa shape index (κ1) is 17.4. The molecule has 2 fully saturated rings. The third-order valence-electron chi connectivity index (χ3n) is 4.87. The highest BCUT2D eigenvalue weighted by atomic mass is 32.2. The van der Waals surface area contributed by atoms with Crippen molar-refractivity contribution in [1.29, 1.82) is 0 Å². The smallest absolute Gasteiger partial charge is 0.240 e. The molecule has 0 aliphatic heterocycles. The fourth-order valence-corrected chi connectivity index (χ4v) is 4.24. The van der Waals surface area contributed by atoms with Gasteiger partial charge in [-0.05, 0) is 61.8 Å². The second kappa shape index (κ2) is 7.21.